The Morgan fingerprint density at radius 2 is 1.89 bits per heavy atom. The maximum atomic E-state index is 12.0. The number of thiophene rings is 1. The molecule has 1 aliphatic heterocycles. The Morgan fingerprint density at radius 1 is 1.07 bits per heavy atom. The van der Waals surface area contributed by atoms with Crippen molar-refractivity contribution in [1.82, 2.24) is 4.98 Å². The van der Waals surface area contributed by atoms with E-state index in [1.54, 1.807) is 31.4 Å². The molecule has 2 aromatic carbocycles. The largest absolute Gasteiger partial charge is 0.493 e. The molecule has 2 aromatic heterocycles. The van der Waals surface area contributed by atoms with Crippen molar-refractivity contribution in [2.75, 3.05) is 24.7 Å². The fourth-order valence-electron chi connectivity index (χ4n) is 5.38. The molecule has 0 amide bonds. The second kappa shape index (κ2) is 14.3. The molecule has 1 atom stereocenters. The van der Waals surface area contributed by atoms with Crippen LogP contribution in [0, 0.1) is 24.7 Å². The number of nitrogens with zero attached hydrogens (tertiary/aromatic N) is 1. The minimum absolute atomic E-state index is 0.184. The SMILES string of the molecule is CC#CC(CC(=O)OCC)c1ccc(OCc2ccc3scc(-c4ccc(OCC5CCS(=O)(=O)CC5)cc4C)c3c2)nc1. The number of sulfone groups is 1. The van der Waals surface area contributed by atoms with Gasteiger partial charge in [0.1, 0.15) is 22.2 Å². The first kappa shape index (κ1) is 31.6. The third kappa shape index (κ3) is 7.99. The van der Waals surface area contributed by atoms with Gasteiger partial charge < -0.3 is 14.2 Å². The number of ether oxygens (including phenoxy) is 3. The number of benzene rings is 2. The monoisotopic (exact) mass is 631 g/mol. The number of aromatic nitrogens is 1. The highest BCUT2D eigenvalue weighted by atomic mass is 32.2. The van der Waals surface area contributed by atoms with E-state index in [1.807, 2.05) is 18.2 Å². The quantitative estimate of drug-likeness (QED) is 0.129. The minimum Gasteiger partial charge on any atom is -0.493 e. The number of fused-ring (bicyclic) bond motifs is 1. The molecule has 0 saturated carbocycles. The van der Waals surface area contributed by atoms with E-state index in [0.717, 1.165) is 28.0 Å². The summed E-state index contributed by atoms with van der Waals surface area (Å²) in [6, 6.07) is 16.2. The van der Waals surface area contributed by atoms with Crippen molar-refractivity contribution in [3.05, 3.63) is 76.8 Å². The lowest BCUT2D eigenvalue weighted by Crippen LogP contribution is -2.26. The molecule has 7 nitrogen and oxygen atoms in total. The molecule has 1 saturated heterocycles. The van der Waals surface area contributed by atoms with E-state index in [2.05, 4.69) is 59.5 Å². The summed E-state index contributed by atoms with van der Waals surface area (Å²) in [5, 5.41) is 3.35. The second-order valence-electron chi connectivity index (χ2n) is 11.0. The van der Waals surface area contributed by atoms with Gasteiger partial charge in [-0.05, 0) is 91.4 Å². The van der Waals surface area contributed by atoms with E-state index in [0.29, 0.717) is 38.5 Å². The molecular weight excluding hydrogens is 595 g/mol. The molecule has 0 radical (unpaired) electrons. The highest BCUT2D eigenvalue weighted by Gasteiger charge is 2.24. The average Bonchev–Trinajstić information content (AvgIpc) is 3.43. The molecule has 230 valence electrons. The second-order valence-corrected chi connectivity index (χ2v) is 14.3. The summed E-state index contributed by atoms with van der Waals surface area (Å²) in [5.41, 5.74) is 5.32. The number of esters is 1. The minimum atomic E-state index is -2.87. The fraction of sp³-hybridized carbons (Fsp3) is 0.371. The zero-order chi connectivity index (χ0) is 31.1. The predicted octanol–water partition coefficient (Wildman–Crippen LogP) is 7.11. The summed E-state index contributed by atoms with van der Waals surface area (Å²) >= 11 is 1.71. The van der Waals surface area contributed by atoms with Crippen LogP contribution in [0.5, 0.6) is 11.6 Å². The maximum Gasteiger partial charge on any atom is 0.307 e. The Morgan fingerprint density at radius 3 is 2.59 bits per heavy atom. The Kier molecular flexibility index (Phi) is 10.2. The van der Waals surface area contributed by atoms with Gasteiger partial charge in [0, 0.05) is 27.9 Å². The molecule has 1 fully saturated rings. The standard InChI is InChI=1S/C35H37NO6S2/c1-4-6-27(19-35(37)40-5-2)28-8-12-34(36-20-28)42-22-26-7-11-33-31(18-26)32(23-43-33)30-10-9-29(17-24(30)3)41-21-25-13-15-44(38,39)16-14-25/h7-12,17-18,20,23,25,27H,5,13-16,19,21-22H2,1-3H3. The zero-order valence-electron chi connectivity index (χ0n) is 25.3. The van der Waals surface area contributed by atoms with Crippen molar-refractivity contribution >= 4 is 37.2 Å². The summed E-state index contributed by atoms with van der Waals surface area (Å²) in [6.07, 6.45) is 3.22. The molecule has 1 aliphatic rings. The van der Waals surface area contributed by atoms with Crippen molar-refractivity contribution in [2.45, 2.75) is 52.6 Å². The van der Waals surface area contributed by atoms with Crippen LogP contribution < -0.4 is 9.47 Å². The van der Waals surface area contributed by atoms with Gasteiger partial charge in [-0.1, -0.05) is 24.1 Å². The lowest BCUT2D eigenvalue weighted by molar-refractivity contribution is -0.143. The molecule has 5 rings (SSSR count). The molecule has 4 aromatic rings. The van der Waals surface area contributed by atoms with Gasteiger partial charge in [-0.25, -0.2) is 13.4 Å². The third-order valence-corrected chi connectivity index (χ3v) is 10.5. The van der Waals surface area contributed by atoms with Crippen LogP contribution in [0.4, 0.5) is 0 Å². The zero-order valence-corrected chi connectivity index (χ0v) is 26.9. The lowest BCUT2D eigenvalue weighted by atomic mass is 9.98. The van der Waals surface area contributed by atoms with Crippen LogP contribution >= 0.6 is 11.3 Å². The molecular formula is C35H37NO6S2. The first-order valence-electron chi connectivity index (χ1n) is 14.9. The topological polar surface area (TPSA) is 91.8 Å². The molecule has 9 heteroatoms. The van der Waals surface area contributed by atoms with Gasteiger partial charge in [-0.3, -0.25) is 4.79 Å². The molecule has 0 bridgehead atoms. The van der Waals surface area contributed by atoms with Crippen LogP contribution in [0.3, 0.4) is 0 Å². The predicted molar refractivity (Wildman–Crippen MR) is 175 cm³/mol. The Hall–Kier alpha value is -3.87. The fourth-order valence-corrected chi connectivity index (χ4v) is 7.91. The molecule has 0 N–H and O–H groups in total. The summed E-state index contributed by atoms with van der Waals surface area (Å²) in [5.74, 6) is 7.50. The van der Waals surface area contributed by atoms with Crippen molar-refractivity contribution in [1.29, 1.82) is 0 Å². The van der Waals surface area contributed by atoms with Gasteiger partial charge in [0.25, 0.3) is 0 Å². The van der Waals surface area contributed by atoms with E-state index in [1.165, 1.54) is 15.6 Å². The van der Waals surface area contributed by atoms with Gasteiger partial charge in [-0.2, -0.15) is 0 Å². The van der Waals surface area contributed by atoms with E-state index < -0.39 is 9.84 Å². The maximum absolute atomic E-state index is 12.0. The number of pyridine rings is 1. The van der Waals surface area contributed by atoms with Gasteiger partial charge >= 0.3 is 5.97 Å². The van der Waals surface area contributed by atoms with Crippen molar-refractivity contribution in [2.24, 2.45) is 5.92 Å². The lowest BCUT2D eigenvalue weighted by Gasteiger charge is -2.22. The van der Waals surface area contributed by atoms with E-state index >= 15 is 0 Å². The van der Waals surface area contributed by atoms with Crippen molar-refractivity contribution in [3.8, 4) is 34.6 Å². The molecule has 3 heterocycles. The number of carbonyl (C=O) groups excluding carboxylic acids is 1. The van der Waals surface area contributed by atoms with E-state index in [9.17, 15) is 13.2 Å². The van der Waals surface area contributed by atoms with Crippen LogP contribution in [-0.4, -0.2) is 44.1 Å². The number of rotatable bonds is 11. The summed E-state index contributed by atoms with van der Waals surface area (Å²) < 4.78 is 41.8. The summed E-state index contributed by atoms with van der Waals surface area (Å²) in [4.78, 5) is 16.5. The molecule has 44 heavy (non-hydrogen) atoms. The first-order chi connectivity index (χ1) is 21.2. The Labute approximate surface area is 263 Å². The number of hydrogen-bond acceptors (Lipinski definition) is 8. The Balaban J connectivity index is 1.23. The normalized spacial score (nSPS) is 15.2. The molecule has 1 unspecified atom stereocenters. The summed E-state index contributed by atoms with van der Waals surface area (Å²) in [7, 11) is -2.87. The highest BCUT2D eigenvalue weighted by Crippen LogP contribution is 2.37. The van der Waals surface area contributed by atoms with E-state index in [4.69, 9.17) is 14.2 Å². The number of aryl methyl sites for hydroxylation is 1. The van der Waals surface area contributed by atoms with Crippen molar-refractivity contribution in [3.63, 3.8) is 0 Å². The summed E-state index contributed by atoms with van der Waals surface area (Å²) in [6.45, 7) is 6.88. The number of hydrogen-bond donors (Lipinski definition) is 0. The van der Waals surface area contributed by atoms with Crippen LogP contribution in [0.25, 0.3) is 21.2 Å². The van der Waals surface area contributed by atoms with Crippen LogP contribution in [0.15, 0.2) is 60.1 Å². The molecule has 0 spiro atoms. The molecule has 0 aliphatic carbocycles. The number of carbonyl (C=O) groups is 1. The average molecular weight is 632 g/mol. The van der Waals surface area contributed by atoms with Crippen LogP contribution in [-0.2, 0) is 26.0 Å². The van der Waals surface area contributed by atoms with Gasteiger partial charge in [0.05, 0.1) is 37.1 Å². The van der Waals surface area contributed by atoms with Crippen molar-refractivity contribution < 1.29 is 27.4 Å². The van der Waals surface area contributed by atoms with E-state index in [-0.39, 0.29) is 35.7 Å². The highest BCUT2D eigenvalue weighted by molar-refractivity contribution is 7.91. The van der Waals surface area contributed by atoms with Gasteiger partial charge in [0.2, 0.25) is 5.88 Å². The first-order valence-corrected chi connectivity index (χ1v) is 17.6. The third-order valence-electron chi connectivity index (χ3n) is 7.83. The van der Waals surface area contributed by atoms with Gasteiger partial charge in [-0.15, -0.1) is 17.3 Å². The van der Waals surface area contributed by atoms with Gasteiger partial charge in [0.15, 0.2) is 0 Å². The Bertz CT molecular complexity index is 1770. The smallest absolute Gasteiger partial charge is 0.307 e. The van der Waals surface area contributed by atoms with Crippen LogP contribution in [0.1, 0.15) is 55.7 Å². The van der Waals surface area contributed by atoms with Crippen LogP contribution in [0.2, 0.25) is 0 Å².